The summed E-state index contributed by atoms with van der Waals surface area (Å²) in [5, 5.41) is 19.4. The molecule has 1 aromatic heterocycles. The number of pyridine rings is 1. The Morgan fingerprint density at radius 1 is 1.44 bits per heavy atom. The van der Waals surface area contributed by atoms with E-state index in [4.69, 9.17) is 14.2 Å². The fourth-order valence-corrected chi connectivity index (χ4v) is 3.45. The molecule has 2 saturated heterocycles. The number of hydrogen-bond donors (Lipinski definition) is 1. The lowest BCUT2D eigenvalue weighted by atomic mass is 10.1. The summed E-state index contributed by atoms with van der Waals surface area (Å²) < 4.78 is 16.3. The number of aliphatic hydroxyl groups is 1. The summed E-state index contributed by atoms with van der Waals surface area (Å²) in [5.74, 6) is -0.338. The summed E-state index contributed by atoms with van der Waals surface area (Å²) in [5.41, 5.74) is 0.246. The molecule has 11 heteroatoms. The van der Waals surface area contributed by atoms with Gasteiger partial charge in [0.25, 0.3) is 5.09 Å². The zero-order valence-electron chi connectivity index (χ0n) is 13.0. The van der Waals surface area contributed by atoms with Crippen molar-refractivity contribution in [2.24, 2.45) is 0 Å². The van der Waals surface area contributed by atoms with Crippen LogP contribution in [-0.4, -0.2) is 71.1 Å². The highest BCUT2D eigenvalue weighted by Crippen LogP contribution is 2.30. The molecule has 0 bridgehead atoms. The monoisotopic (exact) mass is 372 g/mol. The van der Waals surface area contributed by atoms with Crippen LogP contribution in [0.15, 0.2) is 23.4 Å². The number of aliphatic hydroxyl groups excluding tert-OH is 1. The molecule has 0 spiro atoms. The van der Waals surface area contributed by atoms with Gasteiger partial charge in [-0.2, -0.15) is 0 Å². The molecule has 136 valence electrons. The molecule has 0 aromatic carbocycles. The molecule has 2 aliphatic heterocycles. The Balaban J connectivity index is 1.59. The van der Waals surface area contributed by atoms with Crippen molar-refractivity contribution in [2.75, 3.05) is 25.6 Å². The van der Waals surface area contributed by atoms with Gasteiger partial charge in [0, 0.05) is 11.9 Å². The van der Waals surface area contributed by atoms with Crippen molar-refractivity contribution in [3.63, 3.8) is 0 Å². The molecule has 0 aliphatic carbocycles. The molecule has 1 N–H and O–H groups in total. The smallest absolute Gasteiger partial charge is 0.341 e. The standard InChI is InChI=1S/C14H16N2O8S/c17-9-6-21-12-10(7-22-11(9)12)24-14(18)8-2-1-3-15-13(8)25-5-4-23-16(19)20/h1-3,9-12,17H,4-7H2/t9-,10+,11+,12+/m0/s1. The molecule has 2 fully saturated rings. The van der Waals surface area contributed by atoms with E-state index in [2.05, 4.69) is 9.82 Å². The van der Waals surface area contributed by atoms with E-state index in [9.17, 15) is 20.0 Å². The number of aromatic nitrogens is 1. The maximum Gasteiger partial charge on any atom is 0.341 e. The average Bonchev–Trinajstić information content (AvgIpc) is 3.15. The van der Waals surface area contributed by atoms with Crippen LogP contribution in [0.5, 0.6) is 0 Å². The lowest BCUT2D eigenvalue weighted by Gasteiger charge is -2.17. The van der Waals surface area contributed by atoms with Crippen molar-refractivity contribution < 1.29 is 34.0 Å². The second kappa shape index (κ2) is 7.95. The average molecular weight is 372 g/mol. The van der Waals surface area contributed by atoms with E-state index < -0.39 is 35.5 Å². The molecule has 0 amide bonds. The van der Waals surface area contributed by atoms with Gasteiger partial charge in [-0.1, -0.05) is 0 Å². The van der Waals surface area contributed by atoms with Crippen LogP contribution in [-0.2, 0) is 19.0 Å². The molecule has 10 nitrogen and oxygen atoms in total. The predicted octanol–water partition coefficient (Wildman–Crippen LogP) is 0.0659. The number of thioether (sulfide) groups is 1. The topological polar surface area (TPSA) is 130 Å². The lowest BCUT2D eigenvalue weighted by Crippen LogP contribution is -2.34. The molecule has 2 aliphatic rings. The van der Waals surface area contributed by atoms with Gasteiger partial charge in [-0.25, -0.2) is 9.78 Å². The second-order valence-electron chi connectivity index (χ2n) is 5.37. The van der Waals surface area contributed by atoms with Gasteiger partial charge < -0.3 is 24.2 Å². The number of carbonyl (C=O) groups excluding carboxylic acids is 1. The maximum absolute atomic E-state index is 12.4. The fraction of sp³-hybridized carbons (Fsp3) is 0.571. The van der Waals surface area contributed by atoms with Gasteiger partial charge in [-0.3, -0.25) is 0 Å². The molecule has 0 radical (unpaired) electrons. The Kier molecular flexibility index (Phi) is 5.68. The van der Waals surface area contributed by atoms with Crippen LogP contribution < -0.4 is 0 Å². The minimum atomic E-state index is -0.874. The van der Waals surface area contributed by atoms with Gasteiger partial charge in [-0.05, 0) is 12.1 Å². The van der Waals surface area contributed by atoms with Gasteiger partial charge >= 0.3 is 5.97 Å². The zero-order chi connectivity index (χ0) is 17.8. The van der Waals surface area contributed by atoms with E-state index >= 15 is 0 Å². The normalized spacial score (nSPS) is 27.7. The highest BCUT2D eigenvalue weighted by molar-refractivity contribution is 7.99. The van der Waals surface area contributed by atoms with Gasteiger partial charge in [-0.15, -0.1) is 21.9 Å². The third-order valence-corrected chi connectivity index (χ3v) is 4.72. The number of carbonyl (C=O) groups is 1. The van der Waals surface area contributed by atoms with Crippen LogP contribution >= 0.6 is 11.8 Å². The lowest BCUT2D eigenvalue weighted by molar-refractivity contribution is -0.756. The van der Waals surface area contributed by atoms with Crippen molar-refractivity contribution in [1.82, 2.24) is 4.98 Å². The predicted molar refractivity (Wildman–Crippen MR) is 82.6 cm³/mol. The largest absolute Gasteiger partial charge is 0.453 e. The second-order valence-corrected chi connectivity index (χ2v) is 6.45. The molecule has 3 rings (SSSR count). The van der Waals surface area contributed by atoms with Gasteiger partial charge in [0.2, 0.25) is 0 Å². The molecule has 0 saturated carbocycles. The Labute approximate surface area is 146 Å². The molecule has 1 aromatic rings. The van der Waals surface area contributed by atoms with Gasteiger partial charge in [0.05, 0.1) is 18.8 Å². The van der Waals surface area contributed by atoms with E-state index in [0.717, 1.165) is 11.8 Å². The SMILES string of the molecule is O=C(O[C@@H]1CO[C@H]2[C@@H]1OC[C@@H]2O)c1cccnc1SCCO[N+](=O)[O-]. The van der Waals surface area contributed by atoms with Gasteiger partial charge in [0.15, 0.2) is 6.10 Å². The molecule has 4 atom stereocenters. The van der Waals surface area contributed by atoms with Crippen LogP contribution in [0.25, 0.3) is 0 Å². The van der Waals surface area contributed by atoms with Crippen molar-refractivity contribution >= 4 is 17.7 Å². The van der Waals surface area contributed by atoms with Crippen molar-refractivity contribution in [1.29, 1.82) is 0 Å². The van der Waals surface area contributed by atoms with Crippen LogP contribution in [0.4, 0.5) is 0 Å². The number of nitrogens with zero attached hydrogens (tertiary/aromatic N) is 2. The van der Waals surface area contributed by atoms with Crippen LogP contribution in [0.1, 0.15) is 10.4 Å². The van der Waals surface area contributed by atoms with Crippen LogP contribution in [0.3, 0.4) is 0 Å². The number of esters is 1. The van der Waals surface area contributed by atoms with Crippen molar-refractivity contribution in [3.05, 3.63) is 34.0 Å². The molecule has 25 heavy (non-hydrogen) atoms. The number of fused-ring (bicyclic) bond motifs is 1. The van der Waals surface area contributed by atoms with Gasteiger partial charge in [0.1, 0.15) is 29.9 Å². The maximum atomic E-state index is 12.4. The molecular weight excluding hydrogens is 356 g/mol. The van der Waals surface area contributed by atoms with E-state index in [1.807, 2.05) is 0 Å². The van der Waals surface area contributed by atoms with E-state index in [-0.39, 0.29) is 31.1 Å². The first kappa shape index (κ1) is 17.9. The quantitative estimate of drug-likeness (QED) is 0.230. The highest BCUT2D eigenvalue weighted by Gasteiger charge is 2.49. The summed E-state index contributed by atoms with van der Waals surface area (Å²) in [6.07, 6.45) is -0.788. The summed E-state index contributed by atoms with van der Waals surface area (Å²) in [6.45, 7) is 0.181. The van der Waals surface area contributed by atoms with Crippen LogP contribution in [0, 0.1) is 10.1 Å². The number of rotatable bonds is 7. The van der Waals surface area contributed by atoms with Crippen LogP contribution in [0.2, 0.25) is 0 Å². The summed E-state index contributed by atoms with van der Waals surface area (Å²) in [4.78, 5) is 30.9. The van der Waals surface area contributed by atoms with E-state index in [0.29, 0.717) is 5.03 Å². The molecular formula is C14H16N2O8S. The Hall–Kier alpha value is -1.95. The van der Waals surface area contributed by atoms with Crippen molar-refractivity contribution in [2.45, 2.75) is 29.4 Å². The van der Waals surface area contributed by atoms with E-state index in [1.165, 1.54) is 6.20 Å². The third kappa shape index (κ3) is 4.18. The summed E-state index contributed by atoms with van der Waals surface area (Å²) >= 11 is 1.15. The molecule has 0 unspecified atom stereocenters. The first-order valence-corrected chi connectivity index (χ1v) is 8.52. The zero-order valence-corrected chi connectivity index (χ0v) is 13.8. The third-order valence-electron chi connectivity index (χ3n) is 3.75. The first-order chi connectivity index (χ1) is 12.1. The Morgan fingerprint density at radius 2 is 2.24 bits per heavy atom. The molecule has 3 heterocycles. The number of hydrogen-bond acceptors (Lipinski definition) is 10. The number of ether oxygens (including phenoxy) is 3. The minimum Gasteiger partial charge on any atom is -0.453 e. The summed E-state index contributed by atoms with van der Waals surface area (Å²) in [7, 11) is 0. The Bertz CT molecular complexity index is 645. The minimum absolute atomic E-state index is 0.116. The summed E-state index contributed by atoms with van der Waals surface area (Å²) in [6, 6.07) is 3.15. The van der Waals surface area contributed by atoms with E-state index in [1.54, 1.807) is 12.1 Å². The fourth-order valence-electron chi connectivity index (χ4n) is 2.66. The first-order valence-electron chi connectivity index (χ1n) is 7.53. The Morgan fingerprint density at radius 3 is 3.04 bits per heavy atom. The highest BCUT2D eigenvalue weighted by atomic mass is 32.2. The van der Waals surface area contributed by atoms with Crippen molar-refractivity contribution in [3.8, 4) is 0 Å².